The molecule has 1 aliphatic heterocycles. The van der Waals surface area contributed by atoms with Crippen molar-refractivity contribution < 1.29 is 14.8 Å². The van der Waals surface area contributed by atoms with Crippen molar-refractivity contribution >= 4 is 34.1 Å². The van der Waals surface area contributed by atoms with E-state index in [1.807, 2.05) is 71.8 Å². The third-order valence-electron chi connectivity index (χ3n) is 5.94. The molecule has 1 atom stereocenters. The van der Waals surface area contributed by atoms with Crippen molar-refractivity contribution in [3.05, 3.63) is 95.7 Å². The highest BCUT2D eigenvalue weighted by atomic mass is 16.5. The van der Waals surface area contributed by atoms with Crippen LogP contribution >= 0.6 is 0 Å². The van der Waals surface area contributed by atoms with Crippen LogP contribution in [0.3, 0.4) is 0 Å². The minimum atomic E-state index is -0.580. The number of aromatic nitrogens is 1. The first-order valence-corrected chi connectivity index (χ1v) is 10.4. The minimum absolute atomic E-state index is 0.0990. The zero-order valence-corrected chi connectivity index (χ0v) is 17.2. The molecule has 0 radical (unpaired) electrons. The fraction of sp³-hybridized carbons (Fsp3) is 0.120. The third-order valence-corrected chi connectivity index (χ3v) is 5.94. The van der Waals surface area contributed by atoms with E-state index in [0.29, 0.717) is 24.1 Å². The summed E-state index contributed by atoms with van der Waals surface area (Å²) in [4.78, 5) is 30.7. The number of para-hydroxylation sites is 3. The molecule has 4 N–H and O–H groups in total. The van der Waals surface area contributed by atoms with Gasteiger partial charge in [-0.1, -0.05) is 48.5 Å². The summed E-state index contributed by atoms with van der Waals surface area (Å²) in [6, 6.07) is 22.3. The molecule has 4 aromatic rings. The van der Waals surface area contributed by atoms with Gasteiger partial charge in [-0.05, 0) is 35.4 Å². The Labute approximate surface area is 184 Å². The number of carbonyl (C=O) groups is 2. The smallest absolute Gasteiger partial charge is 0.274 e. The zero-order valence-electron chi connectivity index (χ0n) is 17.2. The van der Waals surface area contributed by atoms with Gasteiger partial charge < -0.3 is 15.2 Å². The number of hydrogen-bond donors (Lipinski definition) is 4. The molecule has 1 aromatic heterocycles. The summed E-state index contributed by atoms with van der Waals surface area (Å²) in [6.45, 7) is 0.334. The molecule has 2 heterocycles. The molecule has 0 bridgehead atoms. The molecular formula is C25H22N4O3. The van der Waals surface area contributed by atoms with E-state index in [2.05, 4.69) is 10.3 Å². The molecule has 1 aliphatic rings. The number of nitrogens with one attached hydrogen (secondary N) is 3. The van der Waals surface area contributed by atoms with Crippen LogP contribution in [0.15, 0.2) is 79.0 Å². The second kappa shape index (κ2) is 8.20. The van der Waals surface area contributed by atoms with E-state index in [1.54, 1.807) is 17.6 Å². The number of fused-ring (bicyclic) bond motifs is 2. The molecule has 7 nitrogen and oxygen atoms in total. The molecule has 0 spiro atoms. The number of anilines is 2. The molecule has 32 heavy (non-hydrogen) atoms. The summed E-state index contributed by atoms with van der Waals surface area (Å²) in [7, 11) is 0. The van der Waals surface area contributed by atoms with Gasteiger partial charge in [0.25, 0.3) is 5.91 Å². The molecule has 0 aliphatic carbocycles. The summed E-state index contributed by atoms with van der Waals surface area (Å²) in [6.07, 6.45) is 2.45. The number of carbonyl (C=O) groups excluding carboxylic acids is 2. The Bertz CT molecular complexity index is 1310. The topological polar surface area (TPSA) is 97.5 Å². The molecule has 5 rings (SSSR count). The highest BCUT2D eigenvalue weighted by Crippen LogP contribution is 2.35. The fourth-order valence-corrected chi connectivity index (χ4v) is 4.39. The standard InChI is InChI=1S/C25H22N4O3/c30-24(28-32)19-9-2-1-7-16(19)15-29-22-12-6-5-11-21(22)27-25(31)23(29)13-17-14-26-20-10-4-3-8-18(17)20/h1-12,14,23,26,32H,13,15H2,(H,27,31)(H,28,30). The molecule has 160 valence electrons. The van der Waals surface area contributed by atoms with Crippen LogP contribution in [-0.4, -0.2) is 28.0 Å². The first-order valence-electron chi connectivity index (χ1n) is 10.4. The number of hydrogen-bond acceptors (Lipinski definition) is 4. The van der Waals surface area contributed by atoms with Gasteiger partial charge >= 0.3 is 0 Å². The Balaban J connectivity index is 1.56. The maximum Gasteiger partial charge on any atom is 0.274 e. The highest BCUT2D eigenvalue weighted by molar-refractivity contribution is 6.04. The third kappa shape index (κ3) is 3.48. The molecule has 0 saturated heterocycles. The fourth-order valence-electron chi connectivity index (χ4n) is 4.39. The van der Waals surface area contributed by atoms with Crippen LogP contribution in [0, 0.1) is 0 Å². The lowest BCUT2D eigenvalue weighted by Crippen LogP contribution is -2.49. The summed E-state index contributed by atoms with van der Waals surface area (Å²) < 4.78 is 0. The Morgan fingerprint density at radius 2 is 1.72 bits per heavy atom. The lowest BCUT2D eigenvalue weighted by Gasteiger charge is -2.38. The number of H-pyrrole nitrogens is 1. The number of aromatic amines is 1. The van der Waals surface area contributed by atoms with E-state index in [4.69, 9.17) is 5.21 Å². The van der Waals surface area contributed by atoms with Crippen LogP contribution in [-0.2, 0) is 17.8 Å². The Kier molecular flexibility index (Phi) is 5.09. The summed E-state index contributed by atoms with van der Waals surface area (Å²) >= 11 is 0. The van der Waals surface area contributed by atoms with Gasteiger partial charge in [-0.15, -0.1) is 0 Å². The Morgan fingerprint density at radius 1 is 0.969 bits per heavy atom. The average Bonchev–Trinajstić information content (AvgIpc) is 3.24. The van der Waals surface area contributed by atoms with Crippen molar-refractivity contribution in [2.45, 2.75) is 19.0 Å². The Hall–Kier alpha value is -4.10. The van der Waals surface area contributed by atoms with E-state index in [1.165, 1.54) is 0 Å². The van der Waals surface area contributed by atoms with Crippen LogP contribution in [0.1, 0.15) is 21.5 Å². The lowest BCUT2D eigenvalue weighted by molar-refractivity contribution is -0.117. The van der Waals surface area contributed by atoms with Crippen LogP contribution in [0.2, 0.25) is 0 Å². The van der Waals surface area contributed by atoms with Crippen molar-refractivity contribution in [2.24, 2.45) is 0 Å². The van der Waals surface area contributed by atoms with Gasteiger partial charge in [-0.3, -0.25) is 14.8 Å². The van der Waals surface area contributed by atoms with E-state index in [-0.39, 0.29) is 5.91 Å². The minimum Gasteiger partial charge on any atom is -0.361 e. The number of nitrogens with zero attached hydrogens (tertiary/aromatic N) is 1. The van der Waals surface area contributed by atoms with E-state index in [9.17, 15) is 9.59 Å². The SMILES string of the molecule is O=C(NO)c1ccccc1CN1c2ccccc2NC(=O)C1Cc1c[nH]c2ccccc12. The monoisotopic (exact) mass is 426 g/mol. The van der Waals surface area contributed by atoms with Crippen LogP contribution in [0.4, 0.5) is 11.4 Å². The first-order chi connectivity index (χ1) is 15.7. The van der Waals surface area contributed by atoms with Crippen LogP contribution in [0.5, 0.6) is 0 Å². The second-order valence-corrected chi connectivity index (χ2v) is 7.81. The summed E-state index contributed by atoms with van der Waals surface area (Å²) in [5.41, 5.74) is 6.48. The van der Waals surface area contributed by atoms with Crippen LogP contribution < -0.4 is 15.7 Å². The molecule has 0 fully saturated rings. The van der Waals surface area contributed by atoms with Gasteiger partial charge in [0.1, 0.15) is 6.04 Å². The van der Waals surface area contributed by atoms with Gasteiger partial charge in [0, 0.05) is 35.6 Å². The molecule has 7 heteroatoms. The van der Waals surface area contributed by atoms with Gasteiger partial charge in [0.15, 0.2) is 0 Å². The lowest BCUT2D eigenvalue weighted by atomic mass is 9.97. The molecule has 1 unspecified atom stereocenters. The number of hydroxylamine groups is 1. The summed E-state index contributed by atoms with van der Waals surface area (Å²) in [5.74, 6) is -0.679. The number of rotatable bonds is 5. The van der Waals surface area contributed by atoms with E-state index < -0.39 is 11.9 Å². The largest absolute Gasteiger partial charge is 0.361 e. The van der Waals surface area contributed by atoms with E-state index in [0.717, 1.165) is 27.8 Å². The maximum atomic E-state index is 13.2. The summed E-state index contributed by atoms with van der Waals surface area (Å²) in [5, 5.41) is 13.3. The quantitative estimate of drug-likeness (QED) is 0.288. The zero-order chi connectivity index (χ0) is 22.1. The van der Waals surface area contributed by atoms with Gasteiger partial charge in [0.05, 0.1) is 11.4 Å². The second-order valence-electron chi connectivity index (χ2n) is 7.81. The predicted molar refractivity (Wildman–Crippen MR) is 123 cm³/mol. The number of benzene rings is 3. The highest BCUT2D eigenvalue weighted by Gasteiger charge is 2.34. The normalized spacial score (nSPS) is 15.3. The predicted octanol–water partition coefficient (Wildman–Crippen LogP) is 3.86. The van der Waals surface area contributed by atoms with Crippen LogP contribution in [0.25, 0.3) is 10.9 Å². The van der Waals surface area contributed by atoms with Gasteiger partial charge in [-0.25, -0.2) is 5.48 Å². The van der Waals surface area contributed by atoms with E-state index >= 15 is 0 Å². The van der Waals surface area contributed by atoms with Crippen molar-refractivity contribution in [3.8, 4) is 0 Å². The molecule has 3 aromatic carbocycles. The first kappa shape index (κ1) is 19.8. The van der Waals surface area contributed by atoms with Crippen molar-refractivity contribution in [1.29, 1.82) is 0 Å². The van der Waals surface area contributed by atoms with Crippen molar-refractivity contribution in [3.63, 3.8) is 0 Å². The maximum absolute atomic E-state index is 13.2. The average molecular weight is 426 g/mol. The Morgan fingerprint density at radius 3 is 2.59 bits per heavy atom. The van der Waals surface area contributed by atoms with Crippen molar-refractivity contribution in [1.82, 2.24) is 10.5 Å². The van der Waals surface area contributed by atoms with Gasteiger partial charge in [0.2, 0.25) is 5.91 Å². The molecule has 2 amide bonds. The van der Waals surface area contributed by atoms with Crippen molar-refractivity contribution in [2.75, 3.05) is 10.2 Å². The molecule has 0 saturated carbocycles. The number of amides is 2. The van der Waals surface area contributed by atoms with Gasteiger partial charge in [-0.2, -0.15) is 0 Å². The molecular weight excluding hydrogens is 404 g/mol.